The first kappa shape index (κ1) is 27.7. The molecule has 2 amide bonds. The number of carbonyl (C=O) groups is 2. The number of hydrogen-bond donors (Lipinski definition) is 1. The second kappa shape index (κ2) is 12.4. The summed E-state index contributed by atoms with van der Waals surface area (Å²) in [4.78, 5) is 28.2. The summed E-state index contributed by atoms with van der Waals surface area (Å²) in [5, 5.41) is 3.14. The van der Waals surface area contributed by atoms with Crippen molar-refractivity contribution >= 4 is 55.1 Å². The van der Waals surface area contributed by atoms with E-state index in [-0.39, 0.29) is 18.9 Å². The molecule has 190 valence electrons. The Morgan fingerprint density at radius 1 is 0.972 bits per heavy atom. The van der Waals surface area contributed by atoms with E-state index in [4.69, 9.17) is 11.6 Å². The van der Waals surface area contributed by atoms with Gasteiger partial charge in [0.2, 0.25) is 21.8 Å². The van der Waals surface area contributed by atoms with Crippen LogP contribution in [0, 0.1) is 0 Å². The molecule has 0 saturated carbocycles. The molecule has 0 fully saturated rings. The predicted octanol–water partition coefficient (Wildman–Crippen LogP) is 4.25. The SMILES string of the molecule is CNC(=O)C(Cc1ccccc1)N(Cc1cccc(Cl)c1)C(=O)CN(c1ccc(Br)cc1)S(C)(=O)=O. The van der Waals surface area contributed by atoms with Gasteiger partial charge in [0.15, 0.2) is 0 Å². The van der Waals surface area contributed by atoms with Crippen molar-refractivity contribution in [2.45, 2.75) is 19.0 Å². The minimum atomic E-state index is -3.80. The maximum atomic E-state index is 13.8. The second-order valence-corrected chi connectivity index (χ2v) is 11.5. The van der Waals surface area contributed by atoms with Gasteiger partial charge in [-0.1, -0.05) is 70.0 Å². The zero-order valence-corrected chi connectivity index (χ0v) is 23.1. The molecule has 1 atom stereocenters. The lowest BCUT2D eigenvalue weighted by molar-refractivity contribution is -0.139. The summed E-state index contributed by atoms with van der Waals surface area (Å²) in [6.07, 6.45) is 1.30. The summed E-state index contributed by atoms with van der Waals surface area (Å²) in [5.74, 6) is -0.878. The predicted molar refractivity (Wildman–Crippen MR) is 146 cm³/mol. The molecule has 0 spiro atoms. The highest BCUT2D eigenvalue weighted by molar-refractivity contribution is 9.10. The Balaban J connectivity index is 2.02. The van der Waals surface area contributed by atoms with Crippen molar-refractivity contribution in [2.24, 2.45) is 0 Å². The van der Waals surface area contributed by atoms with Crippen LogP contribution in [0.15, 0.2) is 83.3 Å². The van der Waals surface area contributed by atoms with Crippen LogP contribution in [-0.2, 0) is 32.6 Å². The Morgan fingerprint density at radius 2 is 1.61 bits per heavy atom. The Morgan fingerprint density at radius 3 is 2.19 bits per heavy atom. The monoisotopic (exact) mass is 591 g/mol. The van der Waals surface area contributed by atoms with Gasteiger partial charge in [-0.05, 0) is 47.5 Å². The highest BCUT2D eigenvalue weighted by Gasteiger charge is 2.32. The molecule has 0 saturated heterocycles. The van der Waals surface area contributed by atoms with Crippen molar-refractivity contribution in [1.29, 1.82) is 0 Å². The highest BCUT2D eigenvalue weighted by atomic mass is 79.9. The molecule has 0 aliphatic carbocycles. The molecule has 1 N–H and O–H groups in total. The van der Waals surface area contributed by atoms with Gasteiger partial charge in [0.25, 0.3) is 0 Å². The van der Waals surface area contributed by atoms with E-state index in [1.54, 1.807) is 48.5 Å². The first-order valence-corrected chi connectivity index (χ1v) is 14.1. The number of hydrogen-bond acceptors (Lipinski definition) is 4. The summed E-state index contributed by atoms with van der Waals surface area (Å²) in [7, 11) is -2.29. The zero-order chi connectivity index (χ0) is 26.3. The van der Waals surface area contributed by atoms with Crippen molar-refractivity contribution in [3.63, 3.8) is 0 Å². The topological polar surface area (TPSA) is 86.8 Å². The van der Waals surface area contributed by atoms with Gasteiger partial charge in [-0.15, -0.1) is 0 Å². The van der Waals surface area contributed by atoms with Crippen molar-refractivity contribution in [1.82, 2.24) is 10.2 Å². The van der Waals surface area contributed by atoms with Crippen LogP contribution in [0.25, 0.3) is 0 Å². The number of nitrogens with one attached hydrogen (secondary N) is 1. The molecule has 10 heteroatoms. The molecule has 36 heavy (non-hydrogen) atoms. The minimum absolute atomic E-state index is 0.0717. The highest BCUT2D eigenvalue weighted by Crippen LogP contribution is 2.23. The molecular weight excluding hydrogens is 566 g/mol. The average Bonchev–Trinajstić information content (AvgIpc) is 2.84. The third-order valence-corrected chi connectivity index (χ3v) is 7.46. The lowest BCUT2D eigenvalue weighted by Gasteiger charge is -2.33. The van der Waals surface area contributed by atoms with Crippen LogP contribution in [0.4, 0.5) is 5.69 Å². The quantitative estimate of drug-likeness (QED) is 0.381. The van der Waals surface area contributed by atoms with Crippen LogP contribution in [0.1, 0.15) is 11.1 Å². The van der Waals surface area contributed by atoms with E-state index in [0.29, 0.717) is 16.3 Å². The minimum Gasteiger partial charge on any atom is -0.357 e. The van der Waals surface area contributed by atoms with Crippen LogP contribution in [-0.4, -0.2) is 51.0 Å². The first-order chi connectivity index (χ1) is 17.1. The number of rotatable bonds is 10. The first-order valence-electron chi connectivity index (χ1n) is 11.1. The molecule has 0 aromatic heterocycles. The molecule has 0 heterocycles. The third-order valence-electron chi connectivity index (χ3n) is 5.55. The molecule has 0 bridgehead atoms. The standard InChI is InChI=1S/C26H27BrClN3O4S/c1-29-26(33)24(16-19-7-4-3-5-8-19)30(17-20-9-6-10-22(28)15-20)25(32)18-31(36(2,34)35)23-13-11-21(27)12-14-23/h3-15,24H,16-18H2,1-2H3,(H,29,33). The Bertz CT molecular complexity index is 1300. The van der Waals surface area contributed by atoms with Crippen molar-refractivity contribution in [2.75, 3.05) is 24.2 Å². The van der Waals surface area contributed by atoms with Crippen LogP contribution >= 0.6 is 27.5 Å². The summed E-state index contributed by atoms with van der Waals surface area (Å²) < 4.78 is 27.2. The molecule has 3 rings (SSSR count). The number of amides is 2. The van der Waals surface area contributed by atoms with E-state index in [2.05, 4.69) is 21.2 Å². The fourth-order valence-corrected chi connectivity index (χ4v) is 5.10. The molecule has 0 aliphatic rings. The van der Waals surface area contributed by atoms with Gasteiger partial charge in [-0.3, -0.25) is 13.9 Å². The van der Waals surface area contributed by atoms with Gasteiger partial charge in [0.1, 0.15) is 12.6 Å². The molecule has 7 nitrogen and oxygen atoms in total. The normalized spacial score (nSPS) is 12.0. The maximum Gasteiger partial charge on any atom is 0.244 e. The number of likely N-dealkylation sites (N-methyl/N-ethyl adjacent to an activating group) is 1. The number of anilines is 1. The van der Waals surface area contributed by atoms with Gasteiger partial charge >= 0.3 is 0 Å². The summed E-state index contributed by atoms with van der Waals surface area (Å²) in [6.45, 7) is -0.397. The third kappa shape index (κ3) is 7.56. The smallest absolute Gasteiger partial charge is 0.244 e. The lowest BCUT2D eigenvalue weighted by Crippen LogP contribution is -2.52. The summed E-state index contributed by atoms with van der Waals surface area (Å²) >= 11 is 9.51. The fourth-order valence-electron chi connectivity index (χ4n) is 3.77. The van der Waals surface area contributed by atoms with E-state index in [0.717, 1.165) is 20.6 Å². The van der Waals surface area contributed by atoms with E-state index < -0.39 is 28.5 Å². The van der Waals surface area contributed by atoms with Crippen molar-refractivity contribution in [3.05, 3.63) is 99.5 Å². The number of carbonyl (C=O) groups excluding carboxylic acids is 2. The van der Waals surface area contributed by atoms with Crippen molar-refractivity contribution in [3.8, 4) is 0 Å². The maximum absolute atomic E-state index is 13.8. The fraction of sp³-hybridized carbons (Fsp3) is 0.231. The lowest BCUT2D eigenvalue weighted by atomic mass is 10.0. The van der Waals surface area contributed by atoms with Crippen LogP contribution in [0.2, 0.25) is 5.02 Å². The molecular formula is C26H27BrClN3O4S. The number of benzene rings is 3. The van der Waals surface area contributed by atoms with E-state index in [9.17, 15) is 18.0 Å². The summed E-state index contributed by atoms with van der Waals surface area (Å²) in [6, 6.07) is 22.1. The molecule has 0 aliphatic heterocycles. The molecule has 3 aromatic rings. The van der Waals surface area contributed by atoms with Gasteiger partial charge in [-0.25, -0.2) is 8.42 Å². The van der Waals surface area contributed by atoms with Gasteiger partial charge < -0.3 is 10.2 Å². The van der Waals surface area contributed by atoms with E-state index in [1.165, 1.54) is 11.9 Å². The van der Waals surface area contributed by atoms with E-state index >= 15 is 0 Å². The number of halogens is 2. The van der Waals surface area contributed by atoms with Gasteiger partial charge in [0.05, 0.1) is 11.9 Å². The molecule has 3 aromatic carbocycles. The van der Waals surface area contributed by atoms with E-state index in [1.807, 2.05) is 30.3 Å². The Labute approximate surface area is 225 Å². The zero-order valence-electron chi connectivity index (χ0n) is 19.9. The largest absolute Gasteiger partial charge is 0.357 e. The molecule has 0 radical (unpaired) electrons. The van der Waals surface area contributed by atoms with Gasteiger partial charge in [0, 0.05) is 29.5 Å². The van der Waals surface area contributed by atoms with Crippen molar-refractivity contribution < 1.29 is 18.0 Å². The van der Waals surface area contributed by atoms with Crippen LogP contribution in [0.3, 0.4) is 0 Å². The number of sulfonamides is 1. The summed E-state index contributed by atoms with van der Waals surface area (Å²) in [5.41, 5.74) is 1.92. The van der Waals surface area contributed by atoms with Crippen LogP contribution < -0.4 is 9.62 Å². The number of nitrogens with zero attached hydrogens (tertiary/aromatic N) is 2. The molecule has 1 unspecified atom stereocenters. The Kier molecular flexibility index (Phi) is 9.53. The second-order valence-electron chi connectivity index (χ2n) is 8.22. The Hall–Kier alpha value is -2.88. The average molecular weight is 593 g/mol. The van der Waals surface area contributed by atoms with Crippen LogP contribution in [0.5, 0.6) is 0 Å². The van der Waals surface area contributed by atoms with Gasteiger partial charge in [-0.2, -0.15) is 0 Å².